The maximum Gasteiger partial charge on any atom is 0.261 e. The van der Waals surface area contributed by atoms with Crippen LogP contribution in [0.25, 0.3) is 10.9 Å². The summed E-state index contributed by atoms with van der Waals surface area (Å²) in [4.78, 5) is 31.4. The molecule has 0 bridgehead atoms. The minimum atomic E-state index is -0.394. The Bertz CT molecular complexity index is 1200. The van der Waals surface area contributed by atoms with E-state index < -0.39 is 5.82 Å². The number of aromatic nitrogens is 2. The number of nitrogens with zero attached hydrogens (tertiary/aromatic N) is 3. The molecule has 4 rings (SSSR count). The molecule has 0 radical (unpaired) electrons. The second-order valence-electron chi connectivity index (χ2n) is 8.34. The van der Waals surface area contributed by atoms with Gasteiger partial charge in [-0.3, -0.25) is 14.2 Å². The summed E-state index contributed by atoms with van der Waals surface area (Å²) in [5.74, 6) is -0.698. The fourth-order valence-corrected chi connectivity index (χ4v) is 4.16. The Morgan fingerprint density at radius 2 is 1.97 bits per heavy atom. The van der Waals surface area contributed by atoms with Crippen molar-refractivity contribution in [2.45, 2.75) is 45.9 Å². The molecular formula is C24H27FN4O3. The number of benzene rings is 2. The van der Waals surface area contributed by atoms with E-state index in [2.05, 4.69) is 10.3 Å². The molecular weight excluding hydrogens is 411 g/mol. The number of hydrogen-bond donors (Lipinski definition) is 1. The number of rotatable bonds is 5. The molecule has 1 N–H and O–H groups in total. The van der Waals surface area contributed by atoms with Gasteiger partial charge in [-0.05, 0) is 50.6 Å². The zero-order chi connectivity index (χ0) is 22.8. The number of carbonyl (C=O) groups excluding carboxylic acids is 1. The number of anilines is 2. The highest BCUT2D eigenvalue weighted by Crippen LogP contribution is 2.26. The number of aryl methyl sites for hydroxylation is 2. The molecule has 2 heterocycles. The van der Waals surface area contributed by atoms with E-state index >= 15 is 0 Å². The molecule has 1 saturated heterocycles. The van der Waals surface area contributed by atoms with Crippen LogP contribution < -0.4 is 15.8 Å². The van der Waals surface area contributed by atoms with Crippen molar-refractivity contribution in [1.82, 2.24) is 9.55 Å². The lowest BCUT2D eigenvalue weighted by Crippen LogP contribution is -2.45. The van der Waals surface area contributed by atoms with Crippen LogP contribution in [0.15, 0.2) is 47.5 Å². The molecule has 0 spiro atoms. The highest BCUT2D eigenvalue weighted by molar-refractivity contribution is 5.91. The van der Waals surface area contributed by atoms with E-state index in [1.165, 1.54) is 17.0 Å². The molecule has 1 aliphatic heterocycles. The van der Waals surface area contributed by atoms with Crippen LogP contribution in [0.5, 0.6) is 0 Å². The molecule has 1 aromatic heterocycles. The number of amides is 1. The van der Waals surface area contributed by atoms with E-state index in [0.717, 1.165) is 5.56 Å². The van der Waals surface area contributed by atoms with Crippen molar-refractivity contribution in [3.8, 4) is 0 Å². The van der Waals surface area contributed by atoms with Gasteiger partial charge in [0, 0.05) is 31.7 Å². The number of fused-ring (bicyclic) bond motifs is 1. The van der Waals surface area contributed by atoms with Crippen molar-refractivity contribution in [1.29, 1.82) is 0 Å². The lowest BCUT2D eigenvalue weighted by molar-refractivity contribution is -0.116. The molecule has 32 heavy (non-hydrogen) atoms. The normalized spacial score (nSPS) is 18.7. The fraction of sp³-hybridized carbons (Fsp3) is 0.375. The second kappa shape index (κ2) is 9.08. The zero-order valence-electron chi connectivity index (χ0n) is 18.5. The first-order valence-electron chi connectivity index (χ1n) is 10.8. The summed E-state index contributed by atoms with van der Waals surface area (Å²) < 4.78 is 21.9. The van der Waals surface area contributed by atoms with E-state index in [4.69, 9.17) is 4.74 Å². The number of para-hydroxylation sites is 1. The monoisotopic (exact) mass is 438 g/mol. The molecule has 1 fully saturated rings. The number of nitrogens with one attached hydrogen (secondary N) is 1. The molecule has 2 aromatic carbocycles. The predicted octanol–water partition coefficient (Wildman–Crippen LogP) is 3.49. The Hall–Kier alpha value is -3.26. The van der Waals surface area contributed by atoms with Crippen LogP contribution in [-0.4, -0.2) is 40.8 Å². The van der Waals surface area contributed by atoms with Crippen LogP contribution in [0, 0.1) is 12.7 Å². The molecule has 168 valence electrons. The van der Waals surface area contributed by atoms with Crippen LogP contribution in [0.3, 0.4) is 0 Å². The number of carbonyl (C=O) groups is 1. The van der Waals surface area contributed by atoms with Crippen LogP contribution in [0.4, 0.5) is 15.8 Å². The van der Waals surface area contributed by atoms with E-state index in [1.54, 1.807) is 18.2 Å². The van der Waals surface area contributed by atoms with Crippen molar-refractivity contribution in [2.75, 3.05) is 23.3 Å². The number of hydrogen-bond acceptors (Lipinski definition) is 5. The van der Waals surface area contributed by atoms with Gasteiger partial charge in [0.1, 0.15) is 5.82 Å². The van der Waals surface area contributed by atoms with Crippen molar-refractivity contribution < 1.29 is 13.9 Å². The zero-order valence-corrected chi connectivity index (χ0v) is 18.5. The first-order chi connectivity index (χ1) is 15.3. The van der Waals surface area contributed by atoms with Gasteiger partial charge in [0.15, 0.2) is 0 Å². The molecule has 7 nitrogen and oxygen atoms in total. The minimum absolute atomic E-state index is 0.0226. The van der Waals surface area contributed by atoms with Gasteiger partial charge < -0.3 is 15.0 Å². The number of halogens is 1. The number of ether oxygens (including phenoxy) is 1. The van der Waals surface area contributed by atoms with Crippen LogP contribution in [0.1, 0.15) is 25.8 Å². The molecule has 1 amide bonds. The van der Waals surface area contributed by atoms with Gasteiger partial charge >= 0.3 is 0 Å². The Balaban J connectivity index is 1.40. The van der Waals surface area contributed by atoms with Crippen LogP contribution >= 0.6 is 0 Å². The summed E-state index contributed by atoms with van der Waals surface area (Å²) in [5, 5.41) is 3.23. The Morgan fingerprint density at radius 1 is 1.22 bits per heavy atom. The molecule has 3 aromatic rings. The largest absolute Gasteiger partial charge is 0.372 e. The van der Waals surface area contributed by atoms with Gasteiger partial charge in [0.2, 0.25) is 5.91 Å². The SMILES string of the molecule is Cc1cccc2c(=O)n(CCC(=O)Nc3ccc(N4CC(C)OC(C)C4)c(F)c3)cnc12. The van der Waals surface area contributed by atoms with Gasteiger partial charge in [-0.2, -0.15) is 0 Å². The first kappa shape index (κ1) is 22.0. The summed E-state index contributed by atoms with van der Waals surface area (Å²) in [6, 6.07) is 10.1. The molecule has 0 saturated carbocycles. The third kappa shape index (κ3) is 4.65. The third-order valence-corrected chi connectivity index (χ3v) is 5.63. The highest BCUT2D eigenvalue weighted by Gasteiger charge is 2.24. The molecule has 2 unspecified atom stereocenters. The summed E-state index contributed by atoms with van der Waals surface area (Å²) >= 11 is 0. The maximum absolute atomic E-state index is 14.7. The Kier molecular flexibility index (Phi) is 6.23. The van der Waals surface area contributed by atoms with Gasteiger partial charge in [0.25, 0.3) is 5.56 Å². The van der Waals surface area contributed by atoms with Crippen molar-refractivity contribution in [3.05, 3.63) is 64.5 Å². The lowest BCUT2D eigenvalue weighted by Gasteiger charge is -2.37. The van der Waals surface area contributed by atoms with E-state index in [1.807, 2.05) is 37.8 Å². The lowest BCUT2D eigenvalue weighted by atomic mass is 10.1. The quantitative estimate of drug-likeness (QED) is 0.660. The molecule has 8 heteroatoms. The molecule has 1 aliphatic rings. The molecule has 2 atom stereocenters. The fourth-order valence-electron chi connectivity index (χ4n) is 4.16. The third-order valence-electron chi connectivity index (χ3n) is 5.63. The first-order valence-corrected chi connectivity index (χ1v) is 10.8. The Morgan fingerprint density at radius 3 is 2.69 bits per heavy atom. The summed E-state index contributed by atoms with van der Waals surface area (Å²) in [7, 11) is 0. The maximum atomic E-state index is 14.7. The van der Waals surface area contributed by atoms with Gasteiger partial charge in [0.05, 0.1) is 35.1 Å². The predicted molar refractivity (Wildman–Crippen MR) is 123 cm³/mol. The summed E-state index contributed by atoms with van der Waals surface area (Å²) in [5.41, 5.74) is 2.28. The minimum Gasteiger partial charge on any atom is -0.372 e. The van der Waals surface area contributed by atoms with Crippen LogP contribution in [0.2, 0.25) is 0 Å². The average molecular weight is 439 g/mol. The van der Waals surface area contributed by atoms with E-state index in [9.17, 15) is 14.0 Å². The average Bonchev–Trinajstić information content (AvgIpc) is 2.73. The van der Waals surface area contributed by atoms with E-state index in [-0.39, 0.29) is 36.6 Å². The smallest absolute Gasteiger partial charge is 0.261 e. The van der Waals surface area contributed by atoms with Crippen molar-refractivity contribution in [3.63, 3.8) is 0 Å². The van der Waals surface area contributed by atoms with Crippen molar-refractivity contribution in [2.24, 2.45) is 0 Å². The standard InChI is InChI=1S/C24H27FN4O3/c1-15-5-4-6-19-23(15)26-14-28(24(19)31)10-9-22(30)27-18-7-8-21(20(25)11-18)29-12-16(2)32-17(3)13-29/h4-8,11,14,16-17H,9-10,12-13H2,1-3H3,(H,27,30). The molecule has 0 aliphatic carbocycles. The van der Waals surface area contributed by atoms with Crippen LogP contribution in [-0.2, 0) is 16.1 Å². The van der Waals surface area contributed by atoms with Gasteiger partial charge in [-0.1, -0.05) is 12.1 Å². The van der Waals surface area contributed by atoms with E-state index in [0.29, 0.717) is 35.4 Å². The van der Waals surface area contributed by atoms with Crippen molar-refractivity contribution >= 4 is 28.2 Å². The summed E-state index contributed by atoms with van der Waals surface area (Å²) in [6.45, 7) is 7.24. The second-order valence-corrected chi connectivity index (χ2v) is 8.34. The Labute approximate surface area is 185 Å². The highest BCUT2D eigenvalue weighted by atomic mass is 19.1. The van der Waals surface area contributed by atoms with Gasteiger partial charge in [-0.15, -0.1) is 0 Å². The number of morpholine rings is 1. The van der Waals surface area contributed by atoms with Gasteiger partial charge in [-0.25, -0.2) is 9.37 Å². The topological polar surface area (TPSA) is 76.5 Å². The summed E-state index contributed by atoms with van der Waals surface area (Å²) in [6.07, 6.45) is 1.58.